The van der Waals surface area contributed by atoms with E-state index in [1.54, 1.807) is 61.7 Å². The summed E-state index contributed by atoms with van der Waals surface area (Å²) < 4.78 is 18.0. The van der Waals surface area contributed by atoms with E-state index >= 15 is 0 Å². The molecule has 0 spiro atoms. The summed E-state index contributed by atoms with van der Waals surface area (Å²) in [6.45, 7) is 4.68. The summed E-state index contributed by atoms with van der Waals surface area (Å²) in [5.41, 5.74) is 1.57. The number of nitrogens with one attached hydrogen (secondary N) is 1. The maximum Gasteiger partial charge on any atom is 0.347 e. The van der Waals surface area contributed by atoms with Crippen LogP contribution in [0.15, 0.2) is 60.9 Å². The minimum Gasteiger partial charge on any atom is -0.478 e. The molecule has 37 heavy (non-hydrogen) atoms. The number of nitrogens with zero attached hydrogens (tertiary/aromatic N) is 3. The van der Waals surface area contributed by atoms with Gasteiger partial charge in [0, 0.05) is 11.9 Å². The molecule has 2 aromatic heterocycles. The van der Waals surface area contributed by atoms with Crippen LogP contribution >= 0.6 is 0 Å². The van der Waals surface area contributed by atoms with E-state index in [-0.39, 0.29) is 0 Å². The van der Waals surface area contributed by atoms with Crippen molar-refractivity contribution in [1.29, 1.82) is 5.26 Å². The smallest absolute Gasteiger partial charge is 0.347 e. The van der Waals surface area contributed by atoms with E-state index in [4.69, 9.17) is 14.2 Å². The molecule has 4 aromatic rings. The Kier molecular flexibility index (Phi) is 6.71. The normalized spacial score (nSPS) is 11.0. The fourth-order valence-corrected chi connectivity index (χ4v) is 3.63. The Labute approximate surface area is 212 Å². The van der Waals surface area contributed by atoms with Gasteiger partial charge in [0.15, 0.2) is 17.1 Å². The predicted molar refractivity (Wildman–Crippen MR) is 135 cm³/mol. The van der Waals surface area contributed by atoms with Gasteiger partial charge in [0.05, 0.1) is 35.6 Å². The summed E-state index contributed by atoms with van der Waals surface area (Å²) >= 11 is 0. The number of aromatic nitrogens is 2. The van der Waals surface area contributed by atoms with Gasteiger partial charge in [0.2, 0.25) is 0 Å². The van der Waals surface area contributed by atoms with Gasteiger partial charge in [-0.3, -0.25) is 0 Å². The van der Waals surface area contributed by atoms with Gasteiger partial charge in [-0.25, -0.2) is 14.1 Å². The Morgan fingerprint density at radius 3 is 2.41 bits per heavy atom. The quantitative estimate of drug-likeness (QED) is 0.318. The van der Waals surface area contributed by atoms with E-state index < -0.39 is 17.5 Å². The zero-order valence-corrected chi connectivity index (χ0v) is 20.6. The molecule has 0 aliphatic heterocycles. The van der Waals surface area contributed by atoms with Crippen LogP contribution in [0, 0.1) is 18.3 Å². The Hall–Kier alpha value is -5.04. The predicted octanol–water partition coefficient (Wildman–Crippen LogP) is 5.08. The van der Waals surface area contributed by atoms with Crippen LogP contribution in [0.25, 0.3) is 5.52 Å². The number of para-hydroxylation sites is 2. The Balaban J connectivity index is 1.61. The lowest BCUT2D eigenvalue weighted by Crippen LogP contribution is -2.37. The van der Waals surface area contributed by atoms with Crippen molar-refractivity contribution >= 4 is 28.8 Å². The van der Waals surface area contributed by atoms with Gasteiger partial charge in [-0.05, 0) is 62.7 Å². The minimum atomic E-state index is -1.44. The Morgan fingerprint density at radius 1 is 1.11 bits per heavy atom. The zero-order valence-electron chi connectivity index (χ0n) is 20.6. The van der Waals surface area contributed by atoms with Crippen LogP contribution < -0.4 is 14.8 Å². The molecular formula is C27H24N4O6. The van der Waals surface area contributed by atoms with Crippen molar-refractivity contribution in [2.45, 2.75) is 26.4 Å². The number of carboxylic acid groups (broad SMARTS) is 1. The molecule has 10 heteroatoms. The molecular weight excluding hydrogens is 476 g/mol. The van der Waals surface area contributed by atoms with E-state index in [0.717, 1.165) is 0 Å². The number of hydrogen-bond donors (Lipinski definition) is 2. The van der Waals surface area contributed by atoms with Crippen molar-refractivity contribution in [3.05, 3.63) is 77.6 Å². The van der Waals surface area contributed by atoms with Crippen molar-refractivity contribution in [1.82, 2.24) is 9.61 Å². The van der Waals surface area contributed by atoms with Crippen LogP contribution in [0.3, 0.4) is 0 Å². The van der Waals surface area contributed by atoms with Crippen molar-refractivity contribution in [2.75, 3.05) is 12.4 Å². The van der Waals surface area contributed by atoms with Gasteiger partial charge in [-0.15, -0.1) is 0 Å². The second kappa shape index (κ2) is 9.91. The number of carbonyl (C=O) groups is 2. The van der Waals surface area contributed by atoms with E-state index in [1.807, 2.05) is 0 Å². The lowest BCUT2D eigenvalue weighted by molar-refractivity contribution is -0.152. The standard InChI is InChI=1S/C27H24N4O6/c1-16-20(25(32)35-4)15-31-24(16)23(17(13-28)14-29-31)30-18-9-11-19(12-10-18)36-21-7-5-6-8-22(21)37-27(2,3)26(33)34/h5-12,14-15,30H,1-4H3,(H,33,34). The van der Waals surface area contributed by atoms with Crippen molar-refractivity contribution in [3.63, 3.8) is 0 Å². The number of ether oxygens (including phenoxy) is 3. The summed E-state index contributed by atoms with van der Waals surface area (Å²) in [4.78, 5) is 23.6. The highest BCUT2D eigenvalue weighted by Gasteiger charge is 2.30. The third-order valence-electron chi connectivity index (χ3n) is 5.66. The number of nitriles is 1. The van der Waals surface area contributed by atoms with Crippen molar-refractivity contribution in [3.8, 4) is 23.3 Å². The number of aryl methyl sites for hydroxylation is 1. The molecule has 2 heterocycles. The number of methoxy groups -OCH3 is 1. The van der Waals surface area contributed by atoms with Crippen molar-refractivity contribution < 1.29 is 28.9 Å². The number of carbonyl (C=O) groups excluding carboxylic acids is 1. The van der Waals surface area contributed by atoms with E-state index in [0.29, 0.717) is 50.8 Å². The van der Waals surface area contributed by atoms with E-state index in [9.17, 15) is 20.0 Å². The summed E-state index contributed by atoms with van der Waals surface area (Å²) in [5, 5.41) is 26.5. The highest BCUT2D eigenvalue weighted by molar-refractivity contribution is 5.97. The fraction of sp³-hybridized carbons (Fsp3) is 0.185. The first-order chi connectivity index (χ1) is 17.6. The fourth-order valence-electron chi connectivity index (χ4n) is 3.63. The molecule has 0 atom stereocenters. The third-order valence-corrected chi connectivity index (χ3v) is 5.66. The number of anilines is 2. The molecule has 188 valence electrons. The van der Waals surface area contributed by atoms with Gasteiger partial charge in [0.25, 0.3) is 0 Å². The van der Waals surface area contributed by atoms with Crippen LogP contribution in [0.4, 0.5) is 11.4 Å². The summed E-state index contributed by atoms with van der Waals surface area (Å²) in [5.74, 6) is -0.456. The number of esters is 1. The topological polar surface area (TPSA) is 135 Å². The third kappa shape index (κ3) is 5.01. The second-order valence-electron chi connectivity index (χ2n) is 8.61. The molecule has 0 aliphatic rings. The lowest BCUT2D eigenvalue weighted by Gasteiger charge is -2.23. The van der Waals surface area contributed by atoms with Gasteiger partial charge in [-0.1, -0.05) is 12.1 Å². The average molecular weight is 501 g/mol. The summed E-state index contributed by atoms with van der Waals surface area (Å²) in [6, 6.07) is 15.9. The Morgan fingerprint density at radius 2 is 1.78 bits per heavy atom. The first kappa shape index (κ1) is 25.1. The largest absolute Gasteiger partial charge is 0.478 e. The Bertz CT molecular complexity index is 1530. The van der Waals surface area contributed by atoms with E-state index in [1.165, 1.54) is 31.7 Å². The first-order valence-corrected chi connectivity index (χ1v) is 11.2. The van der Waals surface area contributed by atoms with Gasteiger partial charge < -0.3 is 24.6 Å². The lowest BCUT2D eigenvalue weighted by atomic mass is 10.1. The molecule has 0 amide bonds. The molecule has 0 saturated carbocycles. The maximum atomic E-state index is 12.1. The highest BCUT2D eigenvalue weighted by atomic mass is 16.6. The number of carboxylic acids is 1. The first-order valence-electron chi connectivity index (χ1n) is 11.2. The molecule has 4 rings (SSSR count). The molecule has 10 nitrogen and oxygen atoms in total. The van der Waals surface area contributed by atoms with Crippen LogP contribution in [-0.4, -0.2) is 39.4 Å². The van der Waals surface area contributed by atoms with Crippen LogP contribution in [-0.2, 0) is 9.53 Å². The molecule has 0 bridgehead atoms. The molecule has 0 radical (unpaired) electrons. The van der Waals surface area contributed by atoms with Crippen LogP contribution in [0.2, 0.25) is 0 Å². The second-order valence-corrected chi connectivity index (χ2v) is 8.61. The monoisotopic (exact) mass is 500 g/mol. The number of aliphatic carboxylic acids is 1. The molecule has 0 unspecified atom stereocenters. The maximum absolute atomic E-state index is 12.1. The zero-order chi connectivity index (χ0) is 26.7. The van der Waals surface area contributed by atoms with Gasteiger partial charge in [0.1, 0.15) is 11.8 Å². The molecule has 0 fully saturated rings. The number of fused-ring (bicyclic) bond motifs is 1. The number of benzene rings is 2. The average Bonchev–Trinajstić information content (AvgIpc) is 3.22. The molecule has 2 N–H and O–H groups in total. The molecule has 0 aliphatic carbocycles. The number of hydrogen-bond acceptors (Lipinski definition) is 8. The van der Waals surface area contributed by atoms with Gasteiger partial charge in [-0.2, -0.15) is 10.4 Å². The SMILES string of the molecule is COC(=O)c1cn2ncc(C#N)c(Nc3ccc(Oc4ccccc4OC(C)(C)C(=O)O)cc3)c2c1C. The number of rotatable bonds is 8. The van der Waals surface area contributed by atoms with Crippen LogP contribution in [0.1, 0.15) is 35.3 Å². The summed E-state index contributed by atoms with van der Waals surface area (Å²) in [6.07, 6.45) is 2.98. The highest BCUT2D eigenvalue weighted by Crippen LogP contribution is 2.35. The molecule has 2 aromatic carbocycles. The molecule has 0 saturated heterocycles. The minimum absolute atomic E-state index is 0.292. The van der Waals surface area contributed by atoms with E-state index in [2.05, 4.69) is 16.5 Å². The van der Waals surface area contributed by atoms with Crippen LogP contribution in [0.5, 0.6) is 17.2 Å². The van der Waals surface area contributed by atoms with Gasteiger partial charge >= 0.3 is 11.9 Å². The van der Waals surface area contributed by atoms with Crippen molar-refractivity contribution in [2.24, 2.45) is 0 Å². The summed E-state index contributed by atoms with van der Waals surface area (Å²) in [7, 11) is 1.30.